The molecular weight excluding hydrogens is 440 g/mol. The molecule has 1 N–H and O–H groups in total. The van der Waals surface area contributed by atoms with Crippen LogP contribution in [0.2, 0.25) is 0 Å². The van der Waals surface area contributed by atoms with E-state index in [-0.39, 0.29) is 5.91 Å². The minimum Gasteiger partial charge on any atom is -0.493 e. The predicted octanol–water partition coefficient (Wildman–Crippen LogP) is 4.65. The molecular formula is C28H30N4O3. The summed E-state index contributed by atoms with van der Waals surface area (Å²) in [7, 11) is 9.65. The smallest absolute Gasteiger partial charge is 0.252 e. The number of nitrogens with one attached hydrogen (secondary N) is 1. The molecule has 6 rings (SSSR count). The van der Waals surface area contributed by atoms with Gasteiger partial charge in [-0.15, -0.1) is 0 Å². The molecule has 1 aliphatic rings. The van der Waals surface area contributed by atoms with Crippen LogP contribution in [0.1, 0.15) is 22.3 Å². The summed E-state index contributed by atoms with van der Waals surface area (Å²) in [4.78, 5) is 15.4. The maximum atomic E-state index is 13.2. The minimum absolute atomic E-state index is 0.00256. The lowest BCUT2D eigenvalue weighted by molar-refractivity contribution is 0.0967. The van der Waals surface area contributed by atoms with E-state index < -0.39 is 0 Å². The van der Waals surface area contributed by atoms with Crippen molar-refractivity contribution in [1.82, 2.24) is 19.4 Å². The molecule has 0 saturated carbocycles. The molecule has 180 valence electrons. The number of aromatic nitrogens is 2. The summed E-state index contributed by atoms with van der Waals surface area (Å²) in [6.45, 7) is 2.36. The highest BCUT2D eigenvalue weighted by molar-refractivity contribution is 6.30. The number of para-hydroxylation sites is 1. The van der Waals surface area contributed by atoms with Crippen LogP contribution in [0.3, 0.4) is 0 Å². The molecule has 0 bridgehead atoms. The van der Waals surface area contributed by atoms with Gasteiger partial charge in [0.1, 0.15) is 0 Å². The average Bonchev–Trinajstić information content (AvgIpc) is 3.48. The van der Waals surface area contributed by atoms with Crippen LogP contribution in [-0.4, -0.2) is 54.8 Å². The van der Waals surface area contributed by atoms with E-state index in [0.717, 1.165) is 74.2 Å². The number of carbonyl (C=O) groups is 1. The Morgan fingerprint density at radius 1 is 0.971 bits per heavy atom. The largest absolute Gasteiger partial charge is 0.493 e. The lowest BCUT2D eigenvalue weighted by Gasteiger charge is -2.14. The SMILES string of the molecule is COc1cc2c3c4c(c5c6ccccc6n(C)c5c3n(CCCN(C)C)c2cc1OC)C(=O)NC4. The molecule has 7 nitrogen and oxygen atoms in total. The number of amides is 1. The van der Waals surface area contributed by atoms with Crippen LogP contribution in [0.15, 0.2) is 36.4 Å². The van der Waals surface area contributed by atoms with Crippen molar-refractivity contribution in [3.8, 4) is 11.5 Å². The van der Waals surface area contributed by atoms with Gasteiger partial charge in [0.2, 0.25) is 0 Å². The first kappa shape index (κ1) is 21.8. The van der Waals surface area contributed by atoms with Crippen LogP contribution >= 0.6 is 0 Å². The van der Waals surface area contributed by atoms with Crippen molar-refractivity contribution in [3.63, 3.8) is 0 Å². The molecule has 1 amide bonds. The second-order valence-electron chi connectivity index (χ2n) is 9.59. The van der Waals surface area contributed by atoms with E-state index in [9.17, 15) is 4.79 Å². The molecule has 3 heterocycles. The molecule has 35 heavy (non-hydrogen) atoms. The number of rotatable bonds is 6. The zero-order chi connectivity index (χ0) is 24.4. The lowest BCUT2D eigenvalue weighted by Crippen LogP contribution is -2.15. The van der Waals surface area contributed by atoms with Crippen LogP contribution in [0.4, 0.5) is 0 Å². The Morgan fingerprint density at radius 3 is 2.46 bits per heavy atom. The van der Waals surface area contributed by atoms with Crippen molar-refractivity contribution >= 4 is 49.5 Å². The van der Waals surface area contributed by atoms with Crippen LogP contribution in [0.25, 0.3) is 43.6 Å². The molecule has 2 aromatic heterocycles. The highest BCUT2D eigenvalue weighted by Gasteiger charge is 2.32. The molecule has 0 unspecified atom stereocenters. The summed E-state index contributed by atoms with van der Waals surface area (Å²) in [5.41, 5.74) is 6.34. The van der Waals surface area contributed by atoms with Gasteiger partial charge < -0.3 is 28.8 Å². The fourth-order valence-electron chi connectivity index (χ4n) is 5.89. The van der Waals surface area contributed by atoms with Gasteiger partial charge in [-0.3, -0.25) is 4.79 Å². The Labute approximate surface area is 203 Å². The van der Waals surface area contributed by atoms with Crippen LogP contribution in [0.5, 0.6) is 11.5 Å². The third kappa shape index (κ3) is 2.97. The van der Waals surface area contributed by atoms with E-state index in [1.165, 1.54) is 0 Å². The van der Waals surface area contributed by atoms with E-state index in [1.54, 1.807) is 14.2 Å². The highest BCUT2D eigenvalue weighted by Crippen LogP contribution is 2.46. The number of carbonyl (C=O) groups excluding carboxylic acids is 1. The van der Waals surface area contributed by atoms with E-state index in [1.807, 2.05) is 6.07 Å². The van der Waals surface area contributed by atoms with Gasteiger partial charge in [-0.25, -0.2) is 0 Å². The molecule has 0 radical (unpaired) electrons. The molecule has 0 aliphatic carbocycles. The summed E-state index contributed by atoms with van der Waals surface area (Å²) < 4.78 is 16.0. The second kappa shape index (κ2) is 7.92. The lowest BCUT2D eigenvalue weighted by atomic mass is 9.97. The second-order valence-corrected chi connectivity index (χ2v) is 9.59. The standard InChI is InChI=1S/C28H30N4O3/c1-30(2)11-8-12-32-20-14-22(35-5)21(34-4)13-17(20)23-18-15-29-28(33)25(18)24-16-9-6-7-10-19(16)31(3)26(24)27(23)32/h6-7,9-10,13-14H,8,11-12,15H2,1-5H3,(H,29,33). The molecule has 7 heteroatoms. The molecule has 5 aromatic rings. The normalized spacial score (nSPS) is 13.5. The molecule has 0 fully saturated rings. The first-order chi connectivity index (χ1) is 17.0. The summed E-state index contributed by atoms with van der Waals surface area (Å²) in [6.07, 6.45) is 1.000. The number of nitrogens with zero attached hydrogens (tertiary/aromatic N) is 3. The number of methoxy groups -OCH3 is 2. The first-order valence-electron chi connectivity index (χ1n) is 12.0. The molecule has 0 atom stereocenters. The predicted molar refractivity (Wildman–Crippen MR) is 141 cm³/mol. The van der Waals surface area contributed by atoms with E-state index in [2.05, 4.69) is 70.8 Å². The summed E-state index contributed by atoms with van der Waals surface area (Å²) >= 11 is 0. The third-order valence-electron chi connectivity index (χ3n) is 7.39. The quantitative estimate of drug-likeness (QED) is 0.392. The number of hydrogen-bond donors (Lipinski definition) is 1. The van der Waals surface area contributed by atoms with Crippen molar-refractivity contribution in [2.45, 2.75) is 19.5 Å². The monoisotopic (exact) mass is 470 g/mol. The Kier molecular flexibility index (Phi) is 4.93. The van der Waals surface area contributed by atoms with Crippen LogP contribution < -0.4 is 14.8 Å². The fraction of sp³-hybridized carbons (Fsp3) is 0.321. The van der Waals surface area contributed by atoms with Gasteiger partial charge in [0.15, 0.2) is 11.5 Å². The van der Waals surface area contributed by atoms with Crippen LogP contribution in [-0.2, 0) is 20.1 Å². The Balaban J connectivity index is 1.85. The number of aryl methyl sites for hydroxylation is 2. The maximum absolute atomic E-state index is 13.2. The number of ether oxygens (including phenoxy) is 2. The van der Waals surface area contributed by atoms with Crippen molar-refractivity contribution in [1.29, 1.82) is 0 Å². The number of benzene rings is 3. The zero-order valence-corrected chi connectivity index (χ0v) is 20.9. The van der Waals surface area contributed by atoms with Gasteiger partial charge in [-0.1, -0.05) is 18.2 Å². The fourth-order valence-corrected chi connectivity index (χ4v) is 5.89. The molecule has 0 saturated heterocycles. The number of hydrogen-bond acceptors (Lipinski definition) is 4. The van der Waals surface area contributed by atoms with Gasteiger partial charge in [-0.2, -0.15) is 0 Å². The van der Waals surface area contributed by atoms with Crippen LogP contribution in [0, 0.1) is 0 Å². The van der Waals surface area contributed by atoms with Crippen molar-refractivity contribution in [3.05, 3.63) is 47.5 Å². The maximum Gasteiger partial charge on any atom is 0.252 e. The molecule has 0 spiro atoms. The van der Waals surface area contributed by atoms with Gasteiger partial charge in [0.25, 0.3) is 5.91 Å². The van der Waals surface area contributed by atoms with Gasteiger partial charge in [-0.05, 0) is 44.8 Å². The summed E-state index contributed by atoms with van der Waals surface area (Å²) in [5, 5.41) is 7.46. The van der Waals surface area contributed by atoms with Crippen molar-refractivity contribution in [2.24, 2.45) is 7.05 Å². The van der Waals surface area contributed by atoms with E-state index in [4.69, 9.17) is 9.47 Å². The first-order valence-corrected chi connectivity index (χ1v) is 12.0. The van der Waals surface area contributed by atoms with E-state index in [0.29, 0.717) is 18.0 Å². The Morgan fingerprint density at radius 2 is 1.71 bits per heavy atom. The topological polar surface area (TPSA) is 60.7 Å². The molecule has 1 aliphatic heterocycles. The summed E-state index contributed by atoms with van der Waals surface area (Å²) in [5.74, 6) is 1.39. The van der Waals surface area contributed by atoms with Gasteiger partial charge in [0.05, 0.1) is 36.3 Å². The van der Waals surface area contributed by atoms with Crippen molar-refractivity contribution in [2.75, 3.05) is 34.9 Å². The minimum atomic E-state index is -0.00256. The summed E-state index contributed by atoms with van der Waals surface area (Å²) in [6, 6.07) is 12.5. The van der Waals surface area contributed by atoms with Gasteiger partial charge >= 0.3 is 0 Å². The third-order valence-corrected chi connectivity index (χ3v) is 7.39. The van der Waals surface area contributed by atoms with Gasteiger partial charge in [0, 0.05) is 53.3 Å². The van der Waals surface area contributed by atoms with Crippen molar-refractivity contribution < 1.29 is 14.3 Å². The van der Waals surface area contributed by atoms with E-state index >= 15 is 0 Å². The average molecular weight is 471 g/mol. The highest BCUT2D eigenvalue weighted by atomic mass is 16.5. The Bertz CT molecular complexity index is 1660. The molecule has 3 aromatic carbocycles. The zero-order valence-electron chi connectivity index (χ0n) is 20.9. The number of fused-ring (bicyclic) bond motifs is 10. The Hall–Kier alpha value is -3.71.